The fourth-order valence-corrected chi connectivity index (χ4v) is 2.41. The van der Waals surface area contributed by atoms with Crippen molar-refractivity contribution in [3.63, 3.8) is 0 Å². The summed E-state index contributed by atoms with van der Waals surface area (Å²) >= 11 is 0. The van der Waals surface area contributed by atoms with Gasteiger partial charge in [-0.2, -0.15) is 5.10 Å². The van der Waals surface area contributed by atoms with E-state index >= 15 is 0 Å². The van der Waals surface area contributed by atoms with Crippen molar-refractivity contribution in [2.24, 2.45) is 5.92 Å². The number of nitrogens with one attached hydrogen (secondary N) is 1. The maximum atomic E-state index is 5.58. The van der Waals surface area contributed by atoms with E-state index in [0.717, 1.165) is 38.2 Å². The first-order valence-electron chi connectivity index (χ1n) is 8.03. The van der Waals surface area contributed by atoms with Crippen molar-refractivity contribution in [3.05, 3.63) is 12.2 Å². The van der Waals surface area contributed by atoms with Crippen molar-refractivity contribution >= 4 is 0 Å². The Morgan fingerprint density at radius 2 is 2.10 bits per heavy atom. The van der Waals surface area contributed by atoms with Crippen molar-refractivity contribution in [1.82, 2.24) is 20.1 Å². The molecular weight excluding hydrogens is 264 g/mol. The molecule has 0 aromatic carbocycles. The summed E-state index contributed by atoms with van der Waals surface area (Å²) in [6.45, 7) is 12.8. The van der Waals surface area contributed by atoms with E-state index in [-0.39, 0.29) is 5.60 Å². The van der Waals surface area contributed by atoms with Crippen LogP contribution in [0.4, 0.5) is 0 Å². The van der Waals surface area contributed by atoms with Gasteiger partial charge >= 0.3 is 0 Å². The van der Waals surface area contributed by atoms with Crippen LogP contribution in [-0.2, 0) is 17.7 Å². The molecule has 0 radical (unpaired) electrons. The van der Waals surface area contributed by atoms with Gasteiger partial charge in [-0.15, -0.1) is 0 Å². The number of nitrogens with zero attached hydrogens (tertiary/aromatic N) is 3. The van der Waals surface area contributed by atoms with Crippen molar-refractivity contribution in [2.45, 2.75) is 72.1 Å². The molecule has 0 amide bonds. The van der Waals surface area contributed by atoms with Crippen LogP contribution in [0.5, 0.6) is 0 Å². The minimum absolute atomic E-state index is 0.131. The van der Waals surface area contributed by atoms with E-state index in [9.17, 15) is 0 Å². The molecule has 1 N–H and O–H groups in total. The molecule has 122 valence electrons. The lowest BCUT2D eigenvalue weighted by Gasteiger charge is -2.29. The van der Waals surface area contributed by atoms with Crippen molar-refractivity contribution in [3.8, 4) is 0 Å². The number of rotatable bonds is 10. The van der Waals surface area contributed by atoms with Crippen LogP contribution in [0, 0.1) is 5.92 Å². The molecular formula is C16H32N4O. The number of aromatic nitrogens is 3. The topological polar surface area (TPSA) is 52.0 Å². The van der Waals surface area contributed by atoms with E-state index in [1.807, 2.05) is 4.68 Å². The quantitative estimate of drug-likeness (QED) is 0.721. The molecule has 1 heterocycles. The molecule has 1 atom stereocenters. The highest BCUT2D eigenvalue weighted by Crippen LogP contribution is 2.18. The molecule has 0 saturated carbocycles. The number of ether oxygens (including phenoxy) is 1. The summed E-state index contributed by atoms with van der Waals surface area (Å²) in [5.41, 5.74) is -0.131. The third kappa shape index (κ3) is 6.57. The summed E-state index contributed by atoms with van der Waals surface area (Å²) in [5, 5.41) is 7.97. The Morgan fingerprint density at radius 1 is 1.38 bits per heavy atom. The van der Waals surface area contributed by atoms with Crippen LogP contribution in [0.15, 0.2) is 6.33 Å². The smallest absolute Gasteiger partial charge is 0.138 e. The molecule has 0 fully saturated rings. The predicted octanol–water partition coefficient (Wildman–Crippen LogP) is 2.66. The molecule has 0 aliphatic heterocycles. The van der Waals surface area contributed by atoms with Gasteiger partial charge in [0, 0.05) is 26.1 Å². The van der Waals surface area contributed by atoms with Gasteiger partial charge in [-0.05, 0) is 39.2 Å². The zero-order valence-corrected chi connectivity index (χ0v) is 14.5. The summed E-state index contributed by atoms with van der Waals surface area (Å²) < 4.78 is 7.61. The summed E-state index contributed by atoms with van der Waals surface area (Å²) in [7, 11) is 1.78. The molecule has 5 heteroatoms. The monoisotopic (exact) mass is 296 g/mol. The van der Waals surface area contributed by atoms with Gasteiger partial charge in [0.25, 0.3) is 0 Å². The standard InChI is InChI=1S/C16H32N4O/c1-7-8-17-14(10-16(4,5)21-6)9-15-18-12-19-20(15)11-13(2)3/h12-14,17H,7-11H2,1-6H3. The molecule has 0 spiro atoms. The Hall–Kier alpha value is -0.940. The Morgan fingerprint density at radius 3 is 2.67 bits per heavy atom. The summed E-state index contributed by atoms with van der Waals surface area (Å²) in [5.74, 6) is 1.63. The van der Waals surface area contributed by atoms with Crippen LogP contribution in [0.3, 0.4) is 0 Å². The van der Waals surface area contributed by atoms with E-state index in [0.29, 0.717) is 12.0 Å². The van der Waals surface area contributed by atoms with Crippen molar-refractivity contribution < 1.29 is 4.74 Å². The number of hydrogen-bond donors (Lipinski definition) is 1. The molecule has 1 aromatic rings. The molecule has 21 heavy (non-hydrogen) atoms. The first-order valence-corrected chi connectivity index (χ1v) is 8.03. The predicted molar refractivity (Wildman–Crippen MR) is 86.4 cm³/mol. The zero-order chi connectivity index (χ0) is 15.9. The van der Waals surface area contributed by atoms with Gasteiger partial charge in [0.05, 0.1) is 5.60 Å². The molecule has 0 aliphatic rings. The SMILES string of the molecule is CCCNC(Cc1ncnn1CC(C)C)CC(C)(C)OC. The normalized spacial score (nSPS) is 13.9. The molecule has 1 unspecified atom stereocenters. The molecule has 0 bridgehead atoms. The summed E-state index contributed by atoms with van der Waals surface area (Å²) in [6, 6.07) is 0.356. The first-order chi connectivity index (χ1) is 9.88. The molecule has 1 rings (SSSR count). The van der Waals surface area contributed by atoms with Crippen LogP contribution >= 0.6 is 0 Å². The summed E-state index contributed by atoms with van der Waals surface area (Å²) in [4.78, 5) is 4.44. The Labute approximate surface area is 129 Å². The van der Waals surface area contributed by atoms with Crippen LogP contribution in [-0.4, -0.2) is 40.1 Å². The van der Waals surface area contributed by atoms with E-state index in [1.54, 1.807) is 13.4 Å². The number of methoxy groups -OCH3 is 1. The van der Waals surface area contributed by atoms with Crippen LogP contribution < -0.4 is 5.32 Å². The maximum Gasteiger partial charge on any atom is 0.138 e. The van der Waals surface area contributed by atoms with E-state index in [4.69, 9.17) is 4.74 Å². The zero-order valence-electron chi connectivity index (χ0n) is 14.5. The van der Waals surface area contributed by atoms with Gasteiger partial charge in [0.1, 0.15) is 12.2 Å². The maximum absolute atomic E-state index is 5.58. The Bertz CT molecular complexity index is 401. The molecule has 0 saturated heterocycles. The highest BCUT2D eigenvalue weighted by atomic mass is 16.5. The van der Waals surface area contributed by atoms with Crippen molar-refractivity contribution in [1.29, 1.82) is 0 Å². The van der Waals surface area contributed by atoms with Gasteiger partial charge in [-0.3, -0.25) is 0 Å². The lowest BCUT2D eigenvalue weighted by atomic mass is 9.96. The van der Waals surface area contributed by atoms with Gasteiger partial charge in [-0.1, -0.05) is 20.8 Å². The second-order valence-corrected chi connectivity index (χ2v) is 6.78. The minimum Gasteiger partial charge on any atom is -0.379 e. The van der Waals surface area contributed by atoms with Gasteiger partial charge in [0.15, 0.2) is 0 Å². The average molecular weight is 296 g/mol. The van der Waals surface area contributed by atoms with E-state index in [1.165, 1.54) is 0 Å². The molecule has 0 aliphatic carbocycles. The third-order valence-corrected chi connectivity index (χ3v) is 3.64. The third-order valence-electron chi connectivity index (χ3n) is 3.64. The Kier molecular flexibility index (Phi) is 7.32. The summed E-state index contributed by atoms with van der Waals surface area (Å²) in [6.07, 6.45) is 4.64. The Balaban J connectivity index is 2.73. The molecule has 1 aromatic heterocycles. The van der Waals surface area contributed by atoms with Crippen LogP contribution in [0.2, 0.25) is 0 Å². The van der Waals surface area contributed by atoms with Gasteiger partial charge in [-0.25, -0.2) is 9.67 Å². The van der Waals surface area contributed by atoms with Gasteiger partial charge < -0.3 is 10.1 Å². The fraction of sp³-hybridized carbons (Fsp3) is 0.875. The second-order valence-electron chi connectivity index (χ2n) is 6.78. The lowest BCUT2D eigenvalue weighted by Crippen LogP contribution is -2.40. The second kappa shape index (κ2) is 8.49. The average Bonchev–Trinajstić information content (AvgIpc) is 2.82. The largest absolute Gasteiger partial charge is 0.379 e. The lowest BCUT2D eigenvalue weighted by molar-refractivity contribution is 0.00690. The first kappa shape index (κ1) is 18.1. The van der Waals surface area contributed by atoms with Crippen molar-refractivity contribution in [2.75, 3.05) is 13.7 Å². The fourth-order valence-electron chi connectivity index (χ4n) is 2.41. The van der Waals surface area contributed by atoms with E-state index in [2.05, 4.69) is 50.0 Å². The van der Waals surface area contributed by atoms with Crippen LogP contribution in [0.25, 0.3) is 0 Å². The highest BCUT2D eigenvalue weighted by Gasteiger charge is 2.24. The minimum atomic E-state index is -0.131. The highest BCUT2D eigenvalue weighted by molar-refractivity contribution is 4.92. The van der Waals surface area contributed by atoms with Gasteiger partial charge in [0.2, 0.25) is 0 Å². The van der Waals surface area contributed by atoms with E-state index < -0.39 is 0 Å². The number of hydrogen-bond acceptors (Lipinski definition) is 4. The molecule has 5 nitrogen and oxygen atoms in total. The van der Waals surface area contributed by atoms with Crippen LogP contribution in [0.1, 0.15) is 53.3 Å².